The number of aliphatic imine (C=N–C) groups is 1. The van der Waals surface area contributed by atoms with Gasteiger partial charge in [0.2, 0.25) is 0 Å². The predicted molar refractivity (Wildman–Crippen MR) is 118 cm³/mol. The Kier molecular flexibility index (Phi) is 12.8. The van der Waals surface area contributed by atoms with Crippen LogP contribution in [-0.4, -0.2) is 47.5 Å². The molecule has 0 aliphatic heterocycles. The Bertz CT molecular complexity index is 530. The molecule has 1 heterocycles. The predicted octanol–water partition coefficient (Wildman–Crippen LogP) is 3.03. The van der Waals surface area contributed by atoms with Gasteiger partial charge in [-0.25, -0.2) is 4.99 Å². The van der Waals surface area contributed by atoms with Gasteiger partial charge >= 0.3 is 0 Å². The second kappa shape index (κ2) is 13.3. The molecular formula is C18H37IN6O. The van der Waals surface area contributed by atoms with Gasteiger partial charge in [-0.1, -0.05) is 40.0 Å². The van der Waals surface area contributed by atoms with Crippen LogP contribution >= 0.6 is 24.0 Å². The van der Waals surface area contributed by atoms with Crippen molar-refractivity contribution < 1.29 is 4.74 Å². The molecule has 0 fully saturated rings. The van der Waals surface area contributed by atoms with E-state index in [1.165, 1.54) is 25.7 Å². The highest BCUT2D eigenvalue weighted by Crippen LogP contribution is 2.22. The first-order valence-electron chi connectivity index (χ1n) is 9.25. The standard InChI is InChI=1S/C18H36N6O.HI/c1-7-8-9-10-18(3,4)14-21-17(19-11-12-25-6)20-13-16-23-22-15(2)24(16)5;/h7-14H2,1-6H3,(H2,19,20,21);1H. The van der Waals surface area contributed by atoms with Crippen LogP contribution in [-0.2, 0) is 18.3 Å². The van der Waals surface area contributed by atoms with E-state index in [9.17, 15) is 0 Å². The highest BCUT2D eigenvalue weighted by molar-refractivity contribution is 14.0. The maximum Gasteiger partial charge on any atom is 0.191 e. The van der Waals surface area contributed by atoms with Crippen molar-refractivity contribution in [2.45, 2.75) is 59.9 Å². The smallest absolute Gasteiger partial charge is 0.191 e. The lowest BCUT2D eigenvalue weighted by atomic mass is 9.87. The van der Waals surface area contributed by atoms with E-state index in [0.717, 1.165) is 30.7 Å². The quantitative estimate of drug-likeness (QED) is 0.221. The molecule has 0 saturated heterocycles. The second-order valence-electron chi connectivity index (χ2n) is 7.28. The number of hydrogen-bond acceptors (Lipinski definition) is 4. The zero-order valence-corrected chi connectivity index (χ0v) is 19.6. The van der Waals surface area contributed by atoms with Gasteiger partial charge in [0.05, 0.1) is 6.61 Å². The Morgan fingerprint density at radius 1 is 1.23 bits per heavy atom. The van der Waals surface area contributed by atoms with Gasteiger partial charge < -0.3 is 19.9 Å². The molecule has 0 spiro atoms. The van der Waals surface area contributed by atoms with Crippen LogP contribution in [0.3, 0.4) is 0 Å². The number of ether oxygens (including phenoxy) is 1. The number of aryl methyl sites for hydroxylation is 1. The van der Waals surface area contributed by atoms with Crippen LogP contribution in [0.25, 0.3) is 0 Å². The molecule has 7 nitrogen and oxygen atoms in total. The maximum absolute atomic E-state index is 5.12. The third-order valence-corrected chi connectivity index (χ3v) is 4.35. The summed E-state index contributed by atoms with van der Waals surface area (Å²) >= 11 is 0. The third kappa shape index (κ3) is 9.70. The first-order valence-corrected chi connectivity index (χ1v) is 9.25. The van der Waals surface area contributed by atoms with Gasteiger partial charge in [-0.2, -0.15) is 0 Å². The molecular weight excluding hydrogens is 443 g/mol. The monoisotopic (exact) mass is 480 g/mol. The molecule has 8 heteroatoms. The lowest BCUT2D eigenvalue weighted by molar-refractivity contribution is 0.203. The number of rotatable bonds is 11. The zero-order valence-electron chi connectivity index (χ0n) is 17.3. The summed E-state index contributed by atoms with van der Waals surface area (Å²) in [6, 6.07) is 0. The molecule has 0 bridgehead atoms. The average molecular weight is 480 g/mol. The molecule has 1 rings (SSSR count). The van der Waals surface area contributed by atoms with E-state index < -0.39 is 0 Å². The number of nitrogens with one attached hydrogen (secondary N) is 2. The Labute approximate surface area is 175 Å². The van der Waals surface area contributed by atoms with Gasteiger partial charge in [-0.15, -0.1) is 34.2 Å². The van der Waals surface area contributed by atoms with Crippen LogP contribution in [0.5, 0.6) is 0 Å². The van der Waals surface area contributed by atoms with Gasteiger partial charge in [-0.3, -0.25) is 0 Å². The summed E-state index contributed by atoms with van der Waals surface area (Å²) in [5.74, 6) is 2.54. The van der Waals surface area contributed by atoms with Gasteiger partial charge in [0.1, 0.15) is 12.4 Å². The molecule has 0 aliphatic rings. The lowest BCUT2D eigenvalue weighted by Gasteiger charge is -2.26. The molecule has 0 atom stereocenters. The van der Waals surface area contributed by atoms with E-state index in [4.69, 9.17) is 4.74 Å². The van der Waals surface area contributed by atoms with Crippen molar-refractivity contribution in [3.8, 4) is 0 Å². The number of unbranched alkanes of at least 4 members (excludes halogenated alkanes) is 2. The largest absolute Gasteiger partial charge is 0.383 e. The van der Waals surface area contributed by atoms with Gasteiger partial charge in [0.15, 0.2) is 11.8 Å². The van der Waals surface area contributed by atoms with Gasteiger partial charge in [0.25, 0.3) is 0 Å². The molecule has 26 heavy (non-hydrogen) atoms. The minimum Gasteiger partial charge on any atom is -0.383 e. The fourth-order valence-electron chi connectivity index (χ4n) is 2.45. The fraction of sp³-hybridized carbons (Fsp3) is 0.833. The highest BCUT2D eigenvalue weighted by Gasteiger charge is 2.17. The molecule has 0 unspecified atom stereocenters. The van der Waals surface area contributed by atoms with Crippen molar-refractivity contribution in [2.24, 2.45) is 17.5 Å². The summed E-state index contributed by atoms with van der Waals surface area (Å²) in [5, 5.41) is 15.0. The topological polar surface area (TPSA) is 76.4 Å². The molecule has 1 aromatic rings. The van der Waals surface area contributed by atoms with E-state index in [1.807, 2.05) is 18.5 Å². The molecule has 0 saturated carbocycles. The highest BCUT2D eigenvalue weighted by atomic mass is 127. The molecule has 0 amide bonds. The normalized spacial score (nSPS) is 12.0. The van der Waals surface area contributed by atoms with Gasteiger partial charge in [0, 0.05) is 27.2 Å². The summed E-state index contributed by atoms with van der Waals surface area (Å²) in [6.07, 6.45) is 5.03. The lowest BCUT2D eigenvalue weighted by Crippen LogP contribution is -2.43. The van der Waals surface area contributed by atoms with E-state index in [0.29, 0.717) is 13.2 Å². The van der Waals surface area contributed by atoms with Crippen LogP contribution in [0.1, 0.15) is 58.1 Å². The molecule has 0 aromatic carbocycles. The number of hydrogen-bond donors (Lipinski definition) is 2. The second-order valence-corrected chi connectivity index (χ2v) is 7.28. The van der Waals surface area contributed by atoms with E-state index in [2.05, 4.69) is 46.6 Å². The van der Waals surface area contributed by atoms with Crippen molar-refractivity contribution >= 4 is 29.9 Å². The summed E-state index contributed by atoms with van der Waals surface area (Å²) in [6.45, 7) is 11.5. The van der Waals surface area contributed by atoms with Crippen LogP contribution < -0.4 is 10.6 Å². The van der Waals surface area contributed by atoms with E-state index in [-0.39, 0.29) is 29.4 Å². The number of aromatic nitrogens is 3. The zero-order chi connectivity index (χ0) is 18.7. The van der Waals surface area contributed by atoms with E-state index >= 15 is 0 Å². The Morgan fingerprint density at radius 2 is 1.96 bits per heavy atom. The molecule has 152 valence electrons. The van der Waals surface area contributed by atoms with Gasteiger partial charge in [-0.05, 0) is 18.8 Å². The number of nitrogens with zero attached hydrogens (tertiary/aromatic N) is 4. The minimum absolute atomic E-state index is 0. The first kappa shape index (κ1) is 25.1. The summed E-state index contributed by atoms with van der Waals surface area (Å²) in [7, 11) is 3.66. The summed E-state index contributed by atoms with van der Waals surface area (Å²) < 4.78 is 7.08. The maximum atomic E-state index is 5.12. The Hall–Kier alpha value is -0.900. The van der Waals surface area contributed by atoms with Crippen molar-refractivity contribution in [1.29, 1.82) is 0 Å². The average Bonchev–Trinajstić information content (AvgIpc) is 2.89. The van der Waals surface area contributed by atoms with Crippen molar-refractivity contribution in [3.05, 3.63) is 11.6 Å². The number of halogens is 1. The van der Waals surface area contributed by atoms with Crippen LogP contribution in [0, 0.1) is 12.3 Å². The van der Waals surface area contributed by atoms with Crippen LogP contribution in [0.4, 0.5) is 0 Å². The fourth-order valence-corrected chi connectivity index (χ4v) is 2.45. The Morgan fingerprint density at radius 3 is 2.54 bits per heavy atom. The molecule has 0 radical (unpaired) electrons. The van der Waals surface area contributed by atoms with Crippen LogP contribution in [0.15, 0.2) is 4.99 Å². The van der Waals surface area contributed by atoms with Crippen molar-refractivity contribution in [3.63, 3.8) is 0 Å². The van der Waals surface area contributed by atoms with Crippen molar-refractivity contribution in [2.75, 3.05) is 26.8 Å². The molecule has 1 aromatic heterocycles. The summed E-state index contributed by atoms with van der Waals surface area (Å²) in [4.78, 5) is 4.66. The SMILES string of the molecule is CCCCCC(C)(C)CNC(=NCc1nnc(C)n1C)NCCOC.I. The molecule has 2 N–H and O–H groups in total. The third-order valence-electron chi connectivity index (χ3n) is 4.35. The van der Waals surface area contributed by atoms with Crippen LogP contribution in [0.2, 0.25) is 0 Å². The van der Waals surface area contributed by atoms with E-state index in [1.54, 1.807) is 7.11 Å². The Balaban J connectivity index is 0.00000625. The first-order chi connectivity index (χ1) is 11.9. The number of guanidine groups is 1. The summed E-state index contributed by atoms with van der Waals surface area (Å²) in [5.41, 5.74) is 0.236. The number of methoxy groups -OCH3 is 1. The minimum atomic E-state index is 0. The molecule has 0 aliphatic carbocycles. The van der Waals surface area contributed by atoms with Crippen molar-refractivity contribution in [1.82, 2.24) is 25.4 Å².